The molecule has 2 aromatic rings. The van der Waals surface area contributed by atoms with Crippen LogP contribution in [0, 0.1) is 5.92 Å². The van der Waals surface area contributed by atoms with Crippen LogP contribution >= 0.6 is 34.8 Å². The van der Waals surface area contributed by atoms with Gasteiger partial charge in [0.15, 0.2) is 0 Å². The largest absolute Gasteiger partial charge is 0.508 e. The number of hydrogen-bond donors (Lipinski definition) is 0. The fourth-order valence-corrected chi connectivity index (χ4v) is 8.39. The third-order valence-corrected chi connectivity index (χ3v) is 10.6. The Morgan fingerprint density at radius 1 is 0.906 bits per heavy atom. The van der Waals surface area contributed by atoms with E-state index in [1.165, 1.54) is 10.4 Å². The molecule has 32 heavy (non-hydrogen) atoms. The third-order valence-electron chi connectivity index (χ3n) is 5.19. The van der Waals surface area contributed by atoms with E-state index in [-0.39, 0.29) is 24.2 Å². The minimum absolute atomic E-state index is 0.0773. The Bertz CT molecular complexity index is 796. The molecule has 176 valence electrons. The van der Waals surface area contributed by atoms with Gasteiger partial charge >= 0.3 is 6.16 Å². The molecule has 0 saturated carbocycles. The molecule has 0 unspecified atom stereocenters. The zero-order chi connectivity index (χ0) is 23.8. The highest BCUT2D eigenvalue weighted by atomic mass is 35.6. The molecule has 0 aliphatic carbocycles. The van der Waals surface area contributed by atoms with Gasteiger partial charge in [0.25, 0.3) is 8.32 Å². The maximum atomic E-state index is 11.7. The zero-order valence-electron chi connectivity index (χ0n) is 18.9. The van der Waals surface area contributed by atoms with E-state index in [2.05, 4.69) is 69.3 Å². The molecule has 0 aliphatic rings. The molecule has 0 spiro atoms. The first-order valence-corrected chi connectivity index (χ1v) is 13.6. The average Bonchev–Trinajstić information content (AvgIpc) is 2.73. The van der Waals surface area contributed by atoms with Crippen LogP contribution in [0.2, 0.25) is 5.04 Å². The summed E-state index contributed by atoms with van der Waals surface area (Å²) in [6, 6.07) is 21.0. The number of rotatable bonds is 9. The molecule has 0 radical (unpaired) electrons. The number of carbonyl (C=O) groups is 1. The smallest absolute Gasteiger partial charge is 0.434 e. The predicted molar refractivity (Wildman–Crippen MR) is 135 cm³/mol. The molecule has 8 heteroatoms. The van der Waals surface area contributed by atoms with Crippen molar-refractivity contribution in [3.63, 3.8) is 0 Å². The van der Waals surface area contributed by atoms with Crippen LogP contribution in [-0.2, 0) is 13.9 Å². The van der Waals surface area contributed by atoms with Crippen molar-refractivity contribution in [1.82, 2.24) is 0 Å². The molecule has 0 N–H and O–H groups in total. The van der Waals surface area contributed by atoms with Crippen LogP contribution in [0.3, 0.4) is 0 Å². The second kappa shape index (κ2) is 11.8. The highest BCUT2D eigenvalue weighted by molar-refractivity contribution is 6.99. The quantitative estimate of drug-likeness (QED) is 0.229. The SMILES string of the molecule is C[C@@H](CCO[Si](c1ccccc1)(c1ccccc1)C(C)(C)C)COC(=O)OCC(Cl)(Cl)Cl. The maximum absolute atomic E-state index is 11.7. The molecule has 0 bridgehead atoms. The standard InChI is InChI=1S/C24H31Cl3O4Si/c1-19(17-29-22(28)30-18-24(25,26)27)15-16-31-32(23(2,3)4,20-11-7-5-8-12-20)21-13-9-6-10-14-21/h5-14,19H,15-18H2,1-4H3/t19-/m0/s1. The molecule has 2 rings (SSSR count). The van der Waals surface area contributed by atoms with Gasteiger partial charge in [-0.25, -0.2) is 4.79 Å². The Morgan fingerprint density at radius 2 is 1.41 bits per heavy atom. The van der Waals surface area contributed by atoms with Crippen molar-refractivity contribution in [2.24, 2.45) is 5.92 Å². The summed E-state index contributed by atoms with van der Waals surface area (Å²) in [6.07, 6.45) is -0.126. The normalized spacial score (nSPS) is 13.5. The number of ether oxygens (including phenoxy) is 2. The minimum atomic E-state index is -2.57. The summed E-state index contributed by atoms with van der Waals surface area (Å²) in [5.41, 5.74) is 0. The first-order valence-electron chi connectivity index (χ1n) is 10.6. The van der Waals surface area contributed by atoms with E-state index in [0.29, 0.717) is 6.61 Å². The summed E-state index contributed by atoms with van der Waals surface area (Å²) < 4.78 is 15.1. The lowest BCUT2D eigenvalue weighted by atomic mass is 10.1. The monoisotopic (exact) mass is 516 g/mol. The van der Waals surface area contributed by atoms with Gasteiger partial charge in [-0.15, -0.1) is 0 Å². The van der Waals surface area contributed by atoms with Crippen LogP contribution in [0.25, 0.3) is 0 Å². The van der Waals surface area contributed by atoms with Crippen LogP contribution < -0.4 is 10.4 Å². The molecule has 0 amide bonds. The van der Waals surface area contributed by atoms with Gasteiger partial charge in [0.2, 0.25) is 3.79 Å². The number of halogens is 3. The summed E-state index contributed by atoms with van der Waals surface area (Å²) >= 11 is 16.7. The molecule has 0 heterocycles. The second-order valence-electron chi connectivity index (χ2n) is 8.87. The van der Waals surface area contributed by atoms with Crippen LogP contribution in [0.1, 0.15) is 34.1 Å². The van der Waals surface area contributed by atoms with E-state index in [1.54, 1.807) is 0 Å². The molecule has 0 aliphatic heterocycles. The van der Waals surface area contributed by atoms with E-state index in [0.717, 1.165) is 6.42 Å². The summed E-state index contributed by atoms with van der Waals surface area (Å²) in [5, 5.41) is 2.38. The van der Waals surface area contributed by atoms with Crippen LogP contribution in [0.15, 0.2) is 60.7 Å². The molecular formula is C24H31Cl3O4Si. The van der Waals surface area contributed by atoms with Gasteiger partial charge in [-0.3, -0.25) is 0 Å². The maximum Gasteiger partial charge on any atom is 0.508 e. The summed E-state index contributed by atoms with van der Waals surface area (Å²) in [7, 11) is -2.57. The molecular weight excluding hydrogens is 487 g/mol. The van der Waals surface area contributed by atoms with Crippen molar-refractivity contribution in [3.8, 4) is 0 Å². The summed E-state index contributed by atoms with van der Waals surface area (Å²) in [6.45, 7) is 9.11. The van der Waals surface area contributed by atoms with Crippen molar-refractivity contribution in [2.45, 2.75) is 42.9 Å². The van der Waals surface area contributed by atoms with E-state index in [9.17, 15) is 4.79 Å². The summed E-state index contributed by atoms with van der Waals surface area (Å²) in [5.74, 6) is 0.0773. The Labute approximate surface area is 207 Å². The fraction of sp³-hybridized carbons (Fsp3) is 0.458. The highest BCUT2D eigenvalue weighted by Gasteiger charge is 2.50. The van der Waals surface area contributed by atoms with Gasteiger partial charge in [-0.05, 0) is 27.8 Å². The van der Waals surface area contributed by atoms with Crippen LogP contribution in [-0.4, -0.2) is 38.1 Å². The molecule has 1 atom stereocenters. The van der Waals surface area contributed by atoms with Gasteiger partial charge in [0.05, 0.1) is 6.61 Å². The van der Waals surface area contributed by atoms with Gasteiger partial charge < -0.3 is 13.9 Å². The first-order chi connectivity index (χ1) is 15.0. The number of hydrogen-bond acceptors (Lipinski definition) is 4. The van der Waals surface area contributed by atoms with Crippen LogP contribution in [0.5, 0.6) is 0 Å². The summed E-state index contributed by atoms with van der Waals surface area (Å²) in [4.78, 5) is 11.7. The van der Waals surface area contributed by atoms with Crippen molar-refractivity contribution in [2.75, 3.05) is 19.8 Å². The molecule has 2 aromatic carbocycles. The lowest BCUT2D eigenvalue weighted by Gasteiger charge is -2.43. The molecule has 0 fully saturated rings. The average molecular weight is 518 g/mol. The molecule has 0 saturated heterocycles. The number of benzene rings is 2. The second-order valence-corrected chi connectivity index (χ2v) is 15.7. The topological polar surface area (TPSA) is 44.8 Å². The number of carbonyl (C=O) groups excluding carboxylic acids is 1. The zero-order valence-corrected chi connectivity index (χ0v) is 22.2. The van der Waals surface area contributed by atoms with Gasteiger partial charge in [0, 0.05) is 6.61 Å². The Hall–Kier alpha value is -1.24. The molecule has 4 nitrogen and oxygen atoms in total. The van der Waals surface area contributed by atoms with Crippen molar-refractivity contribution in [3.05, 3.63) is 60.7 Å². The van der Waals surface area contributed by atoms with E-state index in [4.69, 9.17) is 48.7 Å². The Morgan fingerprint density at radius 3 is 1.84 bits per heavy atom. The van der Waals surface area contributed by atoms with Gasteiger partial charge in [-0.1, -0.05) is 123 Å². The van der Waals surface area contributed by atoms with Crippen molar-refractivity contribution >= 4 is 59.6 Å². The lowest BCUT2D eigenvalue weighted by molar-refractivity contribution is 0.0446. The minimum Gasteiger partial charge on any atom is -0.434 e. The molecule has 0 aromatic heterocycles. The van der Waals surface area contributed by atoms with Crippen molar-refractivity contribution < 1.29 is 18.7 Å². The van der Waals surface area contributed by atoms with E-state index in [1.807, 2.05) is 19.1 Å². The number of alkyl halides is 3. The Kier molecular flexibility index (Phi) is 9.92. The Balaban J connectivity index is 2.08. The van der Waals surface area contributed by atoms with E-state index >= 15 is 0 Å². The van der Waals surface area contributed by atoms with Gasteiger partial charge in [-0.2, -0.15) is 0 Å². The third kappa shape index (κ3) is 7.67. The van der Waals surface area contributed by atoms with Gasteiger partial charge in [0.1, 0.15) is 6.61 Å². The predicted octanol–water partition coefficient (Wildman–Crippen LogP) is 6.11. The highest BCUT2D eigenvalue weighted by Crippen LogP contribution is 2.37. The van der Waals surface area contributed by atoms with Crippen LogP contribution in [0.4, 0.5) is 4.79 Å². The lowest BCUT2D eigenvalue weighted by Crippen LogP contribution is -2.66. The van der Waals surface area contributed by atoms with E-state index < -0.39 is 18.3 Å². The fourth-order valence-electron chi connectivity index (χ4n) is 3.65. The first kappa shape index (κ1) is 27.0. The van der Waals surface area contributed by atoms with Crippen molar-refractivity contribution in [1.29, 1.82) is 0 Å².